The molecule has 19 heavy (non-hydrogen) atoms. The van der Waals surface area contributed by atoms with E-state index in [1.54, 1.807) is 0 Å². The molecule has 0 heterocycles. The van der Waals surface area contributed by atoms with Crippen LogP contribution in [0.15, 0.2) is 0 Å². The molecule has 0 rings (SSSR count). The number of carbonyl (C=O) groups is 2. The first-order valence-electron chi connectivity index (χ1n) is 6.02. The molecule has 0 aromatic rings. The Bertz CT molecular complexity index is 161. The summed E-state index contributed by atoms with van der Waals surface area (Å²) in [5, 5.41) is 7.35. The van der Waals surface area contributed by atoms with Gasteiger partial charge in [0, 0.05) is 0 Å². The smallest absolute Gasteiger partial charge is 1.00 e. The third-order valence-electron chi connectivity index (χ3n) is 1.60. The minimum Gasteiger partial charge on any atom is -1.00 e. The molecule has 0 atom stereocenters. The Labute approximate surface area is 149 Å². The summed E-state index contributed by atoms with van der Waals surface area (Å²) in [7, 11) is 0. The van der Waals surface area contributed by atoms with Gasteiger partial charge < -0.3 is 45.0 Å². The first kappa shape index (κ1) is 31.7. The number of carbonyl (C=O) groups excluding carboxylic acids is 2. The molecule has 0 aliphatic rings. The monoisotopic (exact) mass is 388 g/mol. The standard InChI is InChI=1S/2C6H13NO.2ClH.Zr/c2*1-3-5-6(8)7-4-2;;;/h2*3-5H2,1-2H3,(H,7,8);2*1H;/q;;;;+4/p-4. The minimum absolute atomic E-state index is 0. The molecule has 0 fully saturated rings. The second kappa shape index (κ2) is 26.9. The molecule has 7 heteroatoms. The summed E-state index contributed by atoms with van der Waals surface area (Å²) in [6, 6.07) is 0. The molecule has 0 aromatic carbocycles. The Hall–Kier alpha value is 0.403. The van der Waals surface area contributed by atoms with E-state index in [0.29, 0.717) is 25.9 Å². The zero-order valence-electron chi connectivity index (χ0n) is 12.2. The van der Waals surface area contributed by atoms with Crippen LogP contribution in [-0.2, 0) is 35.8 Å². The van der Waals surface area contributed by atoms with Crippen LogP contribution in [0.2, 0.25) is 0 Å². The number of hydrogen-bond donors (Lipinski definition) is 0. The van der Waals surface area contributed by atoms with Crippen molar-refractivity contribution in [3.63, 3.8) is 0 Å². The number of nitrogens with zero attached hydrogens (tertiary/aromatic N) is 2. The molecule has 0 aromatic heterocycles. The molecule has 0 radical (unpaired) electrons. The van der Waals surface area contributed by atoms with Crippen molar-refractivity contribution in [1.29, 1.82) is 0 Å². The van der Waals surface area contributed by atoms with E-state index in [1.807, 2.05) is 27.7 Å². The molecule has 0 aliphatic heterocycles. The maximum absolute atomic E-state index is 10.5. The van der Waals surface area contributed by atoms with Crippen LogP contribution in [0.4, 0.5) is 0 Å². The van der Waals surface area contributed by atoms with Crippen LogP contribution in [0.1, 0.15) is 53.4 Å². The molecule has 0 saturated heterocycles. The van der Waals surface area contributed by atoms with Gasteiger partial charge in [0.15, 0.2) is 0 Å². The molecule has 0 saturated carbocycles. The summed E-state index contributed by atoms with van der Waals surface area (Å²) < 4.78 is 0. The fraction of sp³-hybridized carbons (Fsp3) is 0.833. The fourth-order valence-corrected chi connectivity index (χ4v) is 0.939. The van der Waals surface area contributed by atoms with Crippen molar-refractivity contribution in [3.05, 3.63) is 10.6 Å². The molecular formula is C12H24Cl2N2O2Zr. The average molecular weight is 390 g/mol. The third-order valence-corrected chi connectivity index (χ3v) is 1.60. The first-order valence-corrected chi connectivity index (χ1v) is 6.02. The second-order valence-corrected chi connectivity index (χ2v) is 3.24. The summed E-state index contributed by atoms with van der Waals surface area (Å²) in [5.74, 6) is 0.0741. The number of rotatable bonds is 6. The predicted molar refractivity (Wildman–Crippen MR) is 67.6 cm³/mol. The van der Waals surface area contributed by atoms with Crippen LogP contribution in [0.5, 0.6) is 0 Å². The van der Waals surface area contributed by atoms with Crippen LogP contribution < -0.4 is 24.8 Å². The van der Waals surface area contributed by atoms with Crippen molar-refractivity contribution >= 4 is 11.8 Å². The number of hydrogen-bond acceptors (Lipinski definition) is 2. The average Bonchev–Trinajstić information content (AvgIpc) is 2.20. The van der Waals surface area contributed by atoms with E-state index in [0.717, 1.165) is 12.8 Å². The SMILES string of the molecule is CCCC(=O)[N-]CC.CCCC(=O)[N-]CC.[Cl-].[Cl-].[Zr+4]. The van der Waals surface area contributed by atoms with Crippen LogP contribution >= 0.6 is 0 Å². The van der Waals surface area contributed by atoms with Crippen LogP contribution in [0, 0.1) is 0 Å². The van der Waals surface area contributed by atoms with Crippen molar-refractivity contribution in [2.45, 2.75) is 53.4 Å². The maximum atomic E-state index is 10.5. The van der Waals surface area contributed by atoms with Crippen LogP contribution in [0.25, 0.3) is 10.6 Å². The Morgan fingerprint density at radius 1 is 0.737 bits per heavy atom. The van der Waals surface area contributed by atoms with Gasteiger partial charge in [0.2, 0.25) is 0 Å². The van der Waals surface area contributed by atoms with Gasteiger partial charge in [0.1, 0.15) is 0 Å². The fourth-order valence-electron chi connectivity index (χ4n) is 0.939. The molecule has 0 unspecified atom stereocenters. The minimum atomic E-state index is 0. The van der Waals surface area contributed by atoms with Gasteiger partial charge in [-0.2, -0.15) is 0 Å². The van der Waals surface area contributed by atoms with Gasteiger partial charge in [0.25, 0.3) is 0 Å². The Morgan fingerprint density at radius 2 is 1.00 bits per heavy atom. The van der Waals surface area contributed by atoms with Gasteiger partial charge in [-0.3, -0.25) is 0 Å². The first-order chi connectivity index (χ1) is 7.62. The van der Waals surface area contributed by atoms with E-state index in [2.05, 4.69) is 10.6 Å². The van der Waals surface area contributed by atoms with Crippen molar-refractivity contribution in [2.24, 2.45) is 0 Å². The van der Waals surface area contributed by atoms with Crippen LogP contribution in [-0.4, -0.2) is 24.9 Å². The molecule has 0 aliphatic carbocycles. The molecule has 2 amide bonds. The van der Waals surface area contributed by atoms with E-state index in [4.69, 9.17) is 0 Å². The molecule has 4 nitrogen and oxygen atoms in total. The quantitative estimate of drug-likeness (QED) is 0.500. The van der Waals surface area contributed by atoms with Gasteiger partial charge in [-0.05, 0) is 12.8 Å². The third kappa shape index (κ3) is 32.2. The van der Waals surface area contributed by atoms with Crippen molar-refractivity contribution in [3.8, 4) is 0 Å². The van der Waals surface area contributed by atoms with Gasteiger partial charge in [-0.1, -0.05) is 40.5 Å². The Morgan fingerprint density at radius 3 is 1.16 bits per heavy atom. The molecule has 0 spiro atoms. The van der Waals surface area contributed by atoms with E-state index in [9.17, 15) is 9.59 Å². The van der Waals surface area contributed by atoms with Crippen LogP contribution in [0.3, 0.4) is 0 Å². The molecule has 0 N–H and O–H groups in total. The van der Waals surface area contributed by atoms with Crippen molar-refractivity contribution in [1.82, 2.24) is 0 Å². The van der Waals surface area contributed by atoms with Crippen molar-refractivity contribution in [2.75, 3.05) is 13.1 Å². The normalized spacial score (nSPS) is 7.37. The summed E-state index contributed by atoms with van der Waals surface area (Å²) >= 11 is 0. The summed E-state index contributed by atoms with van der Waals surface area (Å²) in [6.07, 6.45) is 3.02. The van der Waals surface area contributed by atoms with Gasteiger partial charge in [-0.25, -0.2) is 0 Å². The summed E-state index contributed by atoms with van der Waals surface area (Å²) in [5.41, 5.74) is 0. The zero-order valence-corrected chi connectivity index (χ0v) is 16.2. The largest absolute Gasteiger partial charge is 4.00 e. The molecule has 112 valence electrons. The Kier molecular flexibility index (Phi) is 44.8. The van der Waals surface area contributed by atoms with E-state index < -0.39 is 0 Å². The number of amides is 2. The Balaban J connectivity index is -0.0000000594. The number of halogens is 2. The van der Waals surface area contributed by atoms with E-state index >= 15 is 0 Å². The second-order valence-electron chi connectivity index (χ2n) is 3.24. The van der Waals surface area contributed by atoms with E-state index in [-0.39, 0.29) is 62.8 Å². The topological polar surface area (TPSA) is 62.3 Å². The van der Waals surface area contributed by atoms with Gasteiger partial charge >= 0.3 is 26.2 Å². The summed E-state index contributed by atoms with van der Waals surface area (Å²) in [4.78, 5) is 21.0. The van der Waals surface area contributed by atoms with E-state index in [1.165, 1.54) is 0 Å². The maximum Gasteiger partial charge on any atom is 4.00 e. The van der Waals surface area contributed by atoms with Crippen molar-refractivity contribution < 1.29 is 60.6 Å². The summed E-state index contributed by atoms with van der Waals surface area (Å²) in [6.45, 7) is 8.94. The predicted octanol–water partition coefficient (Wildman–Crippen LogP) is -2.58. The zero-order chi connectivity index (χ0) is 12.8. The molecule has 0 bridgehead atoms. The van der Waals surface area contributed by atoms with Gasteiger partial charge in [-0.15, -0.1) is 13.1 Å². The van der Waals surface area contributed by atoms with Gasteiger partial charge in [0.05, 0.1) is 11.8 Å². The molecular weight excluding hydrogens is 366 g/mol.